The zero-order chi connectivity index (χ0) is 24.1. The molecule has 2 unspecified atom stereocenters. The van der Waals surface area contributed by atoms with Gasteiger partial charge in [0.15, 0.2) is 6.17 Å². The molecule has 0 radical (unpaired) electrons. The summed E-state index contributed by atoms with van der Waals surface area (Å²) in [6.07, 6.45) is -1.76. The number of aromatic nitrogens is 3. The van der Waals surface area contributed by atoms with Crippen LogP contribution in [-0.4, -0.2) is 55.8 Å². The summed E-state index contributed by atoms with van der Waals surface area (Å²) in [5, 5.41) is 9.29. The fourth-order valence-electron chi connectivity index (χ4n) is 4.02. The number of halogens is 5. The van der Waals surface area contributed by atoms with Crippen molar-refractivity contribution in [1.82, 2.24) is 25.4 Å². The molecule has 0 spiro atoms. The average Bonchev–Trinajstić information content (AvgIpc) is 3.32. The molecule has 3 atom stereocenters. The molecule has 1 fully saturated rings. The van der Waals surface area contributed by atoms with E-state index in [1.54, 1.807) is 0 Å². The van der Waals surface area contributed by atoms with Crippen LogP contribution >= 0.6 is 0 Å². The highest BCUT2D eigenvalue weighted by atomic mass is 19.3. The third kappa shape index (κ3) is 4.53. The van der Waals surface area contributed by atoms with Gasteiger partial charge in [-0.05, 0) is 19.4 Å². The van der Waals surface area contributed by atoms with Crippen LogP contribution in [0.4, 0.5) is 22.0 Å². The van der Waals surface area contributed by atoms with E-state index in [0.29, 0.717) is 12.6 Å². The third-order valence-corrected chi connectivity index (χ3v) is 5.71. The molecule has 1 saturated carbocycles. The summed E-state index contributed by atoms with van der Waals surface area (Å²) < 4.78 is 73.4. The summed E-state index contributed by atoms with van der Waals surface area (Å²) in [5.41, 5.74) is 0.739. The van der Waals surface area contributed by atoms with Gasteiger partial charge in [0, 0.05) is 26.0 Å². The lowest BCUT2D eigenvalue weighted by molar-refractivity contribution is -0.146. The van der Waals surface area contributed by atoms with Crippen LogP contribution in [-0.2, 0) is 11.3 Å². The van der Waals surface area contributed by atoms with E-state index in [1.807, 2.05) is 5.32 Å². The van der Waals surface area contributed by atoms with E-state index in [1.165, 1.54) is 24.1 Å². The summed E-state index contributed by atoms with van der Waals surface area (Å²) in [4.78, 5) is 30.3. The Labute approximate surface area is 184 Å². The third-order valence-electron chi connectivity index (χ3n) is 5.71. The largest absolute Gasteiger partial charge is 0.417 e. The summed E-state index contributed by atoms with van der Waals surface area (Å²) in [7, 11) is 0. The van der Waals surface area contributed by atoms with Crippen molar-refractivity contribution >= 4 is 11.8 Å². The van der Waals surface area contributed by atoms with Gasteiger partial charge in [0.1, 0.15) is 0 Å². The van der Waals surface area contributed by atoms with Crippen molar-refractivity contribution in [2.24, 2.45) is 0 Å². The van der Waals surface area contributed by atoms with Crippen molar-refractivity contribution < 1.29 is 36.0 Å². The summed E-state index contributed by atoms with van der Waals surface area (Å²) >= 11 is 0. The highest BCUT2D eigenvalue weighted by molar-refractivity contribution is 5.99. The Morgan fingerprint density at radius 3 is 2.73 bits per heavy atom. The normalized spacial score (nSPS) is 23.4. The molecule has 1 aliphatic heterocycles. The van der Waals surface area contributed by atoms with E-state index in [-0.39, 0.29) is 35.9 Å². The molecule has 13 heteroatoms. The van der Waals surface area contributed by atoms with Gasteiger partial charge >= 0.3 is 5.92 Å². The van der Waals surface area contributed by atoms with Crippen molar-refractivity contribution in [2.75, 3.05) is 0 Å². The number of pyridine rings is 1. The number of alkyl halides is 5. The molecular formula is C20H20F5N5O3. The minimum atomic E-state index is -3.76. The van der Waals surface area contributed by atoms with Gasteiger partial charge in [0.05, 0.1) is 35.4 Å². The molecule has 3 heterocycles. The number of hydrogen-bond donors (Lipinski definition) is 1. The van der Waals surface area contributed by atoms with Crippen LogP contribution in [0.3, 0.4) is 0 Å². The Morgan fingerprint density at radius 2 is 2.09 bits per heavy atom. The van der Waals surface area contributed by atoms with E-state index < -0.39 is 54.8 Å². The fraction of sp³-hybridized carbons (Fsp3) is 0.550. The zero-order valence-corrected chi connectivity index (χ0v) is 17.6. The van der Waals surface area contributed by atoms with Crippen molar-refractivity contribution in [1.29, 1.82) is 0 Å². The van der Waals surface area contributed by atoms with Gasteiger partial charge in [0.2, 0.25) is 11.8 Å². The molecule has 0 aromatic carbocycles. The number of amides is 2. The number of carbonyl (C=O) groups excluding carboxylic acids is 2. The predicted molar refractivity (Wildman–Crippen MR) is 102 cm³/mol. The number of rotatable bonds is 5. The molecule has 2 aromatic rings. The van der Waals surface area contributed by atoms with E-state index in [2.05, 4.69) is 15.2 Å². The number of fused-ring (bicyclic) bond motifs is 1. The van der Waals surface area contributed by atoms with Crippen LogP contribution in [0.15, 0.2) is 16.7 Å². The van der Waals surface area contributed by atoms with Gasteiger partial charge in [-0.1, -0.05) is 0 Å². The standard InChI is InChI=1S/C20H20F5N5O3/c1-9(21)15-28-29-16(33-15)10-5-11-13(26-7-10)8-30(17(11)31)14-3-4-20(24,25)6-12(14)27-18(32)19(2,22)23/h5,7,9,12,14H,3-4,6,8H2,1-2H3,(H,27,32)/t9?,12-,14?/m1/s1. The summed E-state index contributed by atoms with van der Waals surface area (Å²) in [6.45, 7) is 1.54. The topological polar surface area (TPSA) is 101 Å². The zero-order valence-electron chi connectivity index (χ0n) is 17.6. The second-order valence-corrected chi connectivity index (χ2v) is 8.35. The first kappa shape index (κ1) is 23.1. The number of nitrogens with zero attached hydrogens (tertiary/aromatic N) is 4. The van der Waals surface area contributed by atoms with Gasteiger partial charge in [-0.3, -0.25) is 14.6 Å². The van der Waals surface area contributed by atoms with Crippen molar-refractivity contribution in [3.05, 3.63) is 29.4 Å². The smallest absolute Gasteiger partial charge is 0.321 e. The van der Waals surface area contributed by atoms with E-state index in [0.717, 1.165) is 0 Å². The predicted octanol–water partition coefficient (Wildman–Crippen LogP) is 3.45. The van der Waals surface area contributed by atoms with Crippen LogP contribution in [0, 0.1) is 0 Å². The molecule has 2 aromatic heterocycles. The van der Waals surface area contributed by atoms with E-state index in [4.69, 9.17) is 4.42 Å². The lowest BCUT2D eigenvalue weighted by Crippen LogP contribution is -2.58. The number of nitrogens with one attached hydrogen (secondary N) is 1. The molecule has 4 rings (SSSR count). The minimum absolute atomic E-state index is 0.0455. The molecule has 1 aliphatic carbocycles. The molecule has 8 nitrogen and oxygen atoms in total. The Kier molecular flexibility index (Phi) is 5.61. The SMILES string of the molecule is CC(F)c1nnc(-c2cnc3c(c2)C(=O)N(C2CCC(F)(F)C[C@H]2NC(=O)C(C)(F)F)C3)o1. The Bertz CT molecular complexity index is 1080. The van der Waals surface area contributed by atoms with Crippen LogP contribution in [0.2, 0.25) is 0 Å². The lowest BCUT2D eigenvalue weighted by atomic mass is 9.86. The molecule has 33 heavy (non-hydrogen) atoms. The Hall–Kier alpha value is -3.12. The Morgan fingerprint density at radius 1 is 1.36 bits per heavy atom. The first-order valence-corrected chi connectivity index (χ1v) is 10.2. The maximum absolute atomic E-state index is 14.0. The first-order valence-electron chi connectivity index (χ1n) is 10.2. The second kappa shape index (κ2) is 8.03. The average molecular weight is 473 g/mol. The number of carbonyl (C=O) groups is 2. The highest BCUT2D eigenvalue weighted by Crippen LogP contribution is 2.38. The molecule has 2 aliphatic rings. The monoisotopic (exact) mass is 473 g/mol. The summed E-state index contributed by atoms with van der Waals surface area (Å²) in [5.74, 6) is -9.46. The molecule has 0 bridgehead atoms. The molecule has 178 valence electrons. The van der Waals surface area contributed by atoms with Crippen LogP contribution in [0.1, 0.15) is 61.2 Å². The van der Waals surface area contributed by atoms with Gasteiger partial charge < -0.3 is 14.6 Å². The maximum Gasteiger partial charge on any atom is 0.321 e. The molecule has 2 amide bonds. The van der Waals surface area contributed by atoms with Gasteiger partial charge in [0.25, 0.3) is 17.7 Å². The van der Waals surface area contributed by atoms with Crippen molar-refractivity contribution in [3.8, 4) is 11.5 Å². The quantitative estimate of drug-likeness (QED) is 0.668. The van der Waals surface area contributed by atoms with Crippen LogP contribution in [0.25, 0.3) is 11.5 Å². The lowest BCUT2D eigenvalue weighted by Gasteiger charge is -2.41. The molecule has 1 N–H and O–H groups in total. The second-order valence-electron chi connectivity index (χ2n) is 8.35. The maximum atomic E-state index is 14.0. The molecule has 0 saturated heterocycles. The molecular weight excluding hydrogens is 453 g/mol. The van der Waals surface area contributed by atoms with Crippen LogP contribution < -0.4 is 5.32 Å². The van der Waals surface area contributed by atoms with Gasteiger partial charge in [-0.25, -0.2) is 13.2 Å². The fourth-order valence-corrected chi connectivity index (χ4v) is 4.02. The summed E-state index contributed by atoms with van der Waals surface area (Å²) in [6, 6.07) is -0.881. The van der Waals surface area contributed by atoms with Crippen molar-refractivity contribution in [2.45, 2.75) is 69.8 Å². The highest BCUT2D eigenvalue weighted by Gasteiger charge is 2.48. The Balaban J connectivity index is 1.58. The van der Waals surface area contributed by atoms with E-state index in [9.17, 15) is 31.5 Å². The van der Waals surface area contributed by atoms with Gasteiger partial charge in [-0.2, -0.15) is 8.78 Å². The first-order chi connectivity index (χ1) is 15.4. The van der Waals surface area contributed by atoms with Crippen molar-refractivity contribution in [3.63, 3.8) is 0 Å². The van der Waals surface area contributed by atoms with Crippen LogP contribution in [0.5, 0.6) is 0 Å². The van der Waals surface area contributed by atoms with E-state index >= 15 is 0 Å². The van der Waals surface area contributed by atoms with Gasteiger partial charge in [-0.15, -0.1) is 10.2 Å². The number of hydrogen-bond acceptors (Lipinski definition) is 6. The minimum Gasteiger partial charge on any atom is -0.417 e.